The molecule has 1 aliphatic heterocycles. The molecule has 2 aliphatic rings. The van der Waals surface area contributed by atoms with E-state index in [2.05, 4.69) is 49.5 Å². The topological polar surface area (TPSA) is 105 Å². The maximum atomic E-state index is 13.0. The van der Waals surface area contributed by atoms with E-state index in [1.807, 2.05) is 0 Å². The second-order valence-corrected chi connectivity index (χ2v) is 9.92. The average molecular weight is 519 g/mol. The predicted molar refractivity (Wildman–Crippen MR) is 140 cm³/mol. The van der Waals surface area contributed by atoms with Gasteiger partial charge in [0.05, 0.1) is 31.1 Å². The number of carbonyl (C=O) groups is 1. The van der Waals surface area contributed by atoms with E-state index in [-0.39, 0.29) is 23.4 Å². The molecule has 6 rings (SSSR count). The summed E-state index contributed by atoms with van der Waals surface area (Å²) in [5.74, 6) is -0.265. The molecule has 1 saturated heterocycles. The summed E-state index contributed by atoms with van der Waals surface area (Å²) in [6.07, 6.45) is 6.05. The Morgan fingerprint density at radius 2 is 1.84 bits per heavy atom. The molecule has 10 heteroatoms. The van der Waals surface area contributed by atoms with E-state index in [0.29, 0.717) is 21.9 Å². The maximum Gasteiger partial charge on any atom is 0.273 e. The fourth-order valence-electron chi connectivity index (χ4n) is 5.27. The minimum atomic E-state index is -0.295. The van der Waals surface area contributed by atoms with Crippen LogP contribution >= 0.6 is 11.6 Å². The van der Waals surface area contributed by atoms with Crippen LogP contribution in [0.25, 0.3) is 5.65 Å². The minimum absolute atomic E-state index is 0.109. The van der Waals surface area contributed by atoms with E-state index >= 15 is 0 Å². The van der Waals surface area contributed by atoms with E-state index in [1.165, 1.54) is 21.8 Å². The van der Waals surface area contributed by atoms with Crippen molar-refractivity contribution in [3.05, 3.63) is 92.7 Å². The van der Waals surface area contributed by atoms with Crippen LogP contribution in [0, 0.1) is 0 Å². The maximum absolute atomic E-state index is 13.0. The van der Waals surface area contributed by atoms with Crippen molar-refractivity contribution in [3.8, 4) is 0 Å². The number of nitrogens with zero attached hydrogens (tertiary/aromatic N) is 4. The molecule has 1 saturated carbocycles. The van der Waals surface area contributed by atoms with E-state index in [4.69, 9.17) is 16.3 Å². The summed E-state index contributed by atoms with van der Waals surface area (Å²) < 4.78 is 6.87. The first-order chi connectivity index (χ1) is 18.0. The van der Waals surface area contributed by atoms with Crippen LogP contribution in [0.2, 0.25) is 5.02 Å². The van der Waals surface area contributed by atoms with Crippen LogP contribution < -0.4 is 15.8 Å². The monoisotopic (exact) mass is 518 g/mol. The molecule has 2 fully saturated rings. The number of hydrogen-bond acceptors (Lipinski definition) is 6. The molecule has 1 aromatic carbocycles. The second-order valence-electron chi connectivity index (χ2n) is 9.55. The summed E-state index contributed by atoms with van der Waals surface area (Å²) in [4.78, 5) is 36.2. The number of anilines is 1. The van der Waals surface area contributed by atoms with Gasteiger partial charge in [0.15, 0.2) is 5.65 Å². The minimum Gasteiger partial charge on any atom is -0.378 e. The van der Waals surface area contributed by atoms with Crippen LogP contribution in [0.3, 0.4) is 0 Å². The van der Waals surface area contributed by atoms with Crippen molar-refractivity contribution in [1.82, 2.24) is 24.9 Å². The SMILES string of the molecule is O=C(NCc1cc(=O)n2[nH]c(C3(c4ccc(N5CCOCC5)cc4)CCC3)c(Cl)c2n1)c1ccncc1. The first-order valence-corrected chi connectivity index (χ1v) is 12.8. The molecule has 3 aromatic heterocycles. The van der Waals surface area contributed by atoms with Gasteiger partial charge in [-0.1, -0.05) is 30.2 Å². The number of ether oxygens (including phenoxy) is 1. The summed E-state index contributed by atoms with van der Waals surface area (Å²) in [5.41, 5.74) is 3.89. The number of fused-ring (bicyclic) bond motifs is 1. The quantitative estimate of drug-likeness (QED) is 0.406. The number of morpholine rings is 1. The first-order valence-electron chi connectivity index (χ1n) is 12.5. The molecule has 1 amide bonds. The van der Waals surface area contributed by atoms with Gasteiger partial charge in [0.25, 0.3) is 11.5 Å². The van der Waals surface area contributed by atoms with Gasteiger partial charge in [0.1, 0.15) is 5.02 Å². The Bertz CT molecular complexity index is 1490. The van der Waals surface area contributed by atoms with Gasteiger partial charge in [-0.05, 0) is 42.7 Å². The van der Waals surface area contributed by atoms with Crippen molar-refractivity contribution in [2.45, 2.75) is 31.2 Å². The molecule has 1 aliphatic carbocycles. The smallest absolute Gasteiger partial charge is 0.273 e. The number of hydrogen-bond donors (Lipinski definition) is 2. The molecule has 0 spiro atoms. The molecule has 2 N–H and O–H groups in total. The highest BCUT2D eigenvalue weighted by molar-refractivity contribution is 6.34. The number of aromatic amines is 1. The van der Waals surface area contributed by atoms with Gasteiger partial charge < -0.3 is 15.0 Å². The largest absolute Gasteiger partial charge is 0.378 e. The van der Waals surface area contributed by atoms with E-state index < -0.39 is 0 Å². The van der Waals surface area contributed by atoms with Gasteiger partial charge in [0.2, 0.25) is 0 Å². The first kappa shape index (κ1) is 23.7. The highest BCUT2D eigenvalue weighted by Gasteiger charge is 2.44. The standard InChI is InChI=1S/C27H27ClN6O3/c28-23-24(27(8-1-9-27)19-2-4-21(5-3-19)33-12-14-37-15-13-33)32-34-22(35)16-20(31-25(23)34)17-30-26(36)18-6-10-29-11-7-18/h2-7,10-11,16,32H,1,8-9,12-15,17H2,(H,30,36). The van der Waals surface area contributed by atoms with Crippen LogP contribution in [0.15, 0.2) is 59.7 Å². The van der Waals surface area contributed by atoms with Gasteiger partial charge >= 0.3 is 0 Å². The Morgan fingerprint density at radius 1 is 1.11 bits per heavy atom. The Labute approximate surface area is 218 Å². The van der Waals surface area contributed by atoms with Crippen molar-refractivity contribution in [2.75, 3.05) is 31.2 Å². The number of halogens is 1. The van der Waals surface area contributed by atoms with Crippen LogP contribution in [0.1, 0.15) is 46.6 Å². The number of H-pyrrole nitrogens is 1. The number of rotatable bonds is 6. The Morgan fingerprint density at radius 3 is 2.51 bits per heavy atom. The summed E-state index contributed by atoms with van der Waals surface area (Å²) in [5, 5.41) is 6.50. The zero-order valence-electron chi connectivity index (χ0n) is 20.2. The average Bonchev–Trinajstić information content (AvgIpc) is 3.25. The predicted octanol–water partition coefficient (Wildman–Crippen LogP) is 3.31. The Balaban J connectivity index is 1.29. The van der Waals surface area contributed by atoms with Gasteiger partial charge in [-0.25, -0.2) is 4.98 Å². The molecule has 4 aromatic rings. The summed E-state index contributed by atoms with van der Waals surface area (Å²) in [7, 11) is 0. The third kappa shape index (κ3) is 4.28. The van der Waals surface area contributed by atoms with Crippen LogP contribution in [-0.4, -0.2) is 51.8 Å². The molecule has 0 unspecified atom stereocenters. The molecule has 4 heterocycles. The molecule has 0 atom stereocenters. The number of benzene rings is 1. The zero-order chi connectivity index (χ0) is 25.4. The number of nitrogens with one attached hydrogen (secondary N) is 2. The van der Waals surface area contributed by atoms with Gasteiger partial charge in [-0.3, -0.25) is 19.7 Å². The molecule has 0 bridgehead atoms. The molecule has 190 valence electrons. The van der Waals surface area contributed by atoms with Crippen LogP contribution in [-0.2, 0) is 16.7 Å². The summed E-state index contributed by atoms with van der Waals surface area (Å²) in [6.45, 7) is 3.37. The number of pyridine rings is 1. The normalized spacial score (nSPS) is 16.9. The molecular weight excluding hydrogens is 492 g/mol. The van der Waals surface area contributed by atoms with Gasteiger partial charge in [-0.15, -0.1) is 0 Å². The zero-order valence-corrected chi connectivity index (χ0v) is 21.0. The third-order valence-corrected chi connectivity index (χ3v) is 7.82. The third-order valence-electron chi connectivity index (χ3n) is 7.47. The lowest BCUT2D eigenvalue weighted by atomic mass is 9.62. The second kappa shape index (κ2) is 9.64. The number of amides is 1. The molecular formula is C27H27ClN6O3. The highest BCUT2D eigenvalue weighted by atomic mass is 35.5. The summed E-state index contributed by atoms with van der Waals surface area (Å²) in [6, 6.07) is 13.3. The van der Waals surface area contributed by atoms with E-state index in [9.17, 15) is 9.59 Å². The Kier molecular flexibility index (Phi) is 6.18. The molecule has 37 heavy (non-hydrogen) atoms. The van der Waals surface area contributed by atoms with Crippen LogP contribution in [0.4, 0.5) is 5.69 Å². The Hall–Kier alpha value is -3.69. The number of carbonyl (C=O) groups excluding carboxylic acids is 1. The molecule has 9 nitrogen and oxygen atoms in total. The van der Waals surface area contributed by atoms with Crippen molar-refractivity contribution < 1.29 is 9.53 Å². The van der Waals surface area contributed by atoms with Gasteiger partial charge in [0, 0.05) is 48.2 Å². The molecule has 0 radical (unpaired) electrons. The highest BCUT2D eigenvalue weighted by Crippen LogP contribution is 2.51. The van der Waals surface area contributed by atoms with Crippen molar-refractivity contribution in [1.29, 1.82) is 0 Å². The summed E-state index contributed by atoms with van der Waals surface area (Å²) >= 11 is 6.89. The van der Waals surface area contributed by atoms with Crippen molar-refractivity contribution in [2.24, 2.45) is 0 Å². The lowest BCUT2D eigenvalue weighted by molar-refractivity contribution is 0.0950. The van der Waals surface area contributed by atoms with E-state index in [0.717, 1.165) is 51.3 Å². The lowest BCUT2D eigenvalue weighted by Crippen LogP contribution is -2.37. The number of aromatic nitrogens is 4. The fourth-order valence-corrected chi connectivity index (χ4v) is 5.62. The lowest BCUT2D eigenvalue weighted by Gasteiger charge is -2.42. The van der Waals surface area contributed by atoms with Crippen molar-refractivity contribution in [3.63, 3.8) is 0 Å². The van der Waals surface area contributed by atoms with E-state index in [1.54, 1.807) is 24.5 Å². The fraction of sp³-hybridized carbons (Fsp3) is 0.333. The van der Waals surface area contributed by atoms with Gasteiger partial charge in [-0.2, -0.15) is 4.52 Å². The van der Waals surface area contributed by atoms with Crippen molar-refractivity contribution >= 4 is 28.8 Å². The van der Waals surface area contributed by atoms with Crippen LogP contribution in [0.5, 0.6) is 0 Å².